The molecule has 0 saturated carbocycles. The summed E-state index contributed by atoms with van der Waals surface area (Å²) in [5.74, 6) is 0.0328. The molecule has 152 valence electrons. The molecule has 0 spiro atoms. The van der Waals surface area contributed by atoms with Gasteiger partial charge in [0.2, 0.25) is 6.41 Å². The summed E-state index contributed by atoms with van der Waals surface area (Å²) in [6, 6.07) is 11.6. The molecule has 4 nitrogen and oxygen atoms in total. The fraction of sp³-hybridized carbons (Fsp3) is 0.478. The molecule has 1 aliphatic carbocycles. The summed E-state index contributed by atoms with van der Waals surface area (Å²) in [4.78, 5) is 1.76. The van der Waals surface area contributed by atoms with Gasteiger partial charge >= 0.3 is 0 Å². The lowest BCUT2D eigenvalue weighted by molar-refractivity contribution is -0.242. The predicted octanol–water partition coefficient (Wildman–Crippen LogP) is 4.72. The highest BCUT2D eigenvalue weighted by atomic mass is 19.1. The minimum Gasteiger partial charge on any atom is -0.486 e. The molecule has 0 aromatic heterocycles. The van der Waals surface area contributed by atoms with Gasteiger partial charge < -0.3 is 14.6 Å². The lowest BCUT2D eigenvalue weighted by Gasteiger charge is -2.34. The molecule has 0 radical (unpaired) electrons. The fourth-order valence-corrected chi connectivity index (χ4v) is 3.69. The van der Waals surface area contributed by atoms with Crippen LogP contribution in [0.15, 0.2) is 36.4 Å². The molecule has 0 heterocycles. The number of rotatable bonds is 6. The van der Waals surface area contributed by atoms with Crippen LogP contribution < -0.4 is 4.74 Å². The van der Waals surface area contributed by atoms with Gasteiger partial charge in [-0.25, -0.2) is 4.39 Å². The second-order valence-electron chi connectivity index (χ2n) is 8.46. The summed E-state index contributed by atoms with van der Waals surface area (Å²) in [6.45, 7) is 7.88. The average molecular weight is 387 g/mol. The highest BCUT2D eigenvalue weighted by molar-refractivity contribution is 5.47. The molecular formula is C23H30FNO3. The Morgan fingerprint density at radius 1 is 1.25 bits per heavy atom. The smallest absolute Gasteiger partial charge is 0.216 e. The first-order chi connectivity index (χ1) is 13.2. The van der Waals surface area contributed by atoms with Crippen LogP contribution in [0.4, 0.5) is 4.39 Å². The van der Waals surface area contributed by atoms with Crippen LogP contribution in [0.3, 0.4) is 0 Å². The van der Waals surface area contributed by atoms with Gasteiger partial charge in [-0.05, 0) is 69.8 Å². The van der Waals surface area contributed by atoms with Gasteiger partial charge in [0.25, 0.3) is 0 Å². The van der Waals surface area contributed by atoms with E-state index < -0.39 is 12.0 Å². The molecule has 2 aromatic rings. The summed E-state index contributed by atoms with van der Waals surface area (Å²) < 4.78 is 26.7. The van der Waals surface area contributed by atoms with Crippen LogP contribution in [-0.2, 0) is 17.8 Å². The fourth-order valence-electron chi connectivity index (χ4n) is 3.69. The van der Waals surface area contributed by atoms with E-state index in [1.54, 1.807) is 4.90 Å². The van der Waals surface area contributed by atoms with Crippen molar-refractivity contribution in [3.8, 4) is 5.75 Å². The summed E-state index contributed by atoms with van der Waals surface area (Å²) in [7, 11) is 1.81. The zero-order valence-electron chi connectivity index (χ0n) is 17.3. The van der Waals surface area contributed by atoms with E-state index in [1.165, 1.54) is 0 Å². The summed E-state index contributed by atoms with van der Waals surface area (Å²) >= 11 is 0. The number of aryl methyl sites for hydroxylation is 1. The van der Waals surface area contributed by atoms with Gasteiger partial charge in [-0.3, -0.25) is 4.90 Å². The minimum atomic E-state index is -1.05. The zero-order chi connectivity index (χ0) is 20.5. The Labute approximate surface area is 166 Å². The van der Waals surface area contributed by atoms with Gasteiger partial charge in [0.05, 0.1) is 5.60 Å². The largest absolute Gasteiger partial charge is 0.486 e. The van der Waals surface area contributed by atoms with Gasteiger partial charge in [-0.15, -0.1) is 0 Å². The summed E-state index contributed by atoms with van der Waals surface area (Å²) in [5.41, 5.74) is 2.88. The SMILES string of the molecule is Cc1cc2c(c(F)c1OCc1ccccc1)CCC2N(C)C(O)OC(C)(C)C. The number of fused-ring (bicyclic) bond motifs is 1. The van der Waals surface area contributed by atoms with Crippen LogP contribution in [0.2, 0.25) is 0 Å². The van der Waals surface area contributed by atoms with Crippen LogP contribution in [0.1, 0.15) is 55.5 Å². The Hall–Kier alpha value is -1.95. The molecule has 2 atom stereocenters. The number of nitrogens with zero attached hydrogens (tertiary/aromatic N) is 1. The second kappa shape index (κ2) is 8.19. The van der Waals surface area contributed by atoms with Crippen molar-refractivity contribution in [1.82, 2.24) is 4.90 Å². The van der Waals surface area contributed by atoms with Crippen molar-refractivity contribution in [2.75, 3.05) is 7.05 Å². The third kappa shape index (κ3) is 4.54. The first-order valence-corrected chi connectivity index (χ1v) is 9.74. The number of halogens is 1. The Balaban J connectivity index is 1.80. The van der Waals surface area contributed by atoms with Crippen LogP contribution in [0.5, 0.6) is 5.75 Å². The minimum absolute atomic E-state index is 0.0938. The Kier molecular flexibility index (Phi) is 6.08. The van der Waals surface area contributed by atoms with Crippen molar-refractivity contribution in [3.63, 3.8) is 0 Å². The zero-order valence-corrected chi connectivity index (χ0v) is 17.3. The predicted molar refractivity (Wildman–Crippen MR) is 108 cm³/mol. The molecule has 0 bridgehead atoms. The second-order valence-corrected chi connectivity index (χ2v) is 8.46. The lowest BCUT2D eigenvalue weighted by atomic mass is 10.0. The number of aliphatic hydroxyl groups is 1. The third-order valence-electron chi connectivity index (χ3n) is 5.09. The van der Waals surface area contributed by atoms with Crippen LogP contribution in [0.25, 0.3) is 0 Å². The first-order valence-electron chi connectivity index (χ1n) is 9.74. The van der Waals surface area contributed by atoms with E-state index in [1.807, 2.05) is 71.1 Å². The van der Waals surface area contributed by atoms with Crippen molar-refractivity contribution >= 4 is 0 Å². The van der Waals surface area contributed by atoms with Gasteiger partial charge in [0, 0.05) is 6.04 Å². The molecular weight excluding hydrogens is 357 g/mol. The standard InChI is InChI=1S/C23H30FNO3/c1-15-13-18-17(11-12-19(18)25(5)22(26)28-23(2,3)4)20(24)21(15)27-14-16-9-7-6-8-10-16/h6-10,13,19,22,26H,11-12,14H2,1-5H3. The molecule has 3 rings (SSSR count). The molecule has 2 unspecified atom stereocenters. The Morgan fingerprint density at radius 2 is 1.93 bits per heavy atom. The molecule has 1 aliphatic rings. The van der Waals surface area contributed by atoms with Gasteiger partial charge in [0.1, 0.15) is 6.61 Å². The van der Waals surface area contributed by atoms with Crippen molar-refractivity contribution in [2.24, 2.45) is 0 Å². The van der Waals surface area contributed by atoms with Crippen LogP contribution >= 0.6 is 0 Å². The van der Waals surface area contributed by atoms with Crippen LogP contribution in [-0.4, -0.2) is 29.1 Å². The molecule has 0 fully saturated rings. The van der Waals surface area contributed by atoms with Crippen molar-refractivity contribution in [1.29, 1.82) is 0 Å². The highest BCUT2D eigenvalue weighted by Gasteiger charge is 2.34. The Morgan fingerprint density at radius 3 is 2.57 bits per heavy atom. The van der Waals surface area contributed by atoms with E-state index in [9.17, 15) is 5.11 Å². The molecule has 0 saturated heterocycles. The van der Waals surface area contributed by atoms with E-state index in [0.29, 0.717) is 24.3 Å². The maximum atomic E-state index is 15.2. The quantitative estimate of drug-likeness (QED) is 0.728. The maximum Gasteiger partial charge on any atom is 0.216 e. The van der Waals surface area contributed by atoms with E-state index in [-0.39, 0.29) is 11.9 Å². The topological polar surface area (TPSA) is 41.9 Å². The first kappa shape index (κ1) is 20.8. The number of hydrogen-bond donors (Lipinski definition) is 1. The molecule has 0 amide bonds. The highest BCUT2D eigenvalue weighted by Crippen LogP contribution is 2.42. The van der Waals surface area contributed by atoms with Gasteiger partial charge in [0.15, 0.2) is 11.6 Å². The van der Waals surface area contributed by atoms with E-state index in [0.717, 1.165) is 23.1 Å². The van der Waals surface area contributed by atoms with Gasteiger partial charge in [-0.2, -0.15) is 0 Å². The number of aliphatic hydroxyl groups excluding tert-OH is 1. The molecule has 28 heavy (non-hydrogen) atoms. The molecule has 2 aromatic carbocycles. The van der Waals surface area contributed by atoms with E-state index in [2.05, 4.69) is 0 Å². The number of benzene rings is 2. The van der Waals surface area contributed by atoms with E-state index in [4.69, 9.17) is 9.47 Å². The number of hydrogen-bond acceptors (Lipinski definition) is 4. The average Bonchev–Trinajstić information content (AvgIpc) is 3.04. The number of ether oxygens (including phenoxy) is 2. The van der Waals surface area contributed by atoms with Crippen molar-refractivity contribution in [2.45, 2.75) is 65.2 Å². The Bertz CT molecular complexity index is 817. The summed E-state index contributed by atoms with van der Waals surface area (Å²) in [5, 5.41) is 10.4. The third-order valence-corrected chi connectivity index (χ3v) is 5.09. The van der Waals surface area contributed by atoms with Crippen LogP contribution in [0, 0.1) is 12.7 Å². The molecule has 0 aliphatic heterocycles. The molecule has 5 heteroatoms. The van der Waals surface area contributed by atoms with Gasteiger partial charge in [-0.1, -0.05) is 36.4 Å². The summed E-state index contributed by atoms with van der Waals surface area (Å²) in [6.07, 6.45) is 0.295. The monoisotopic (exact) mass is 387 g/mol. The van der Waals surface area contributed by atoms with E-state index >= 15 is 4.39 Å². The van der Waals surface area contributed by atoms with Crippen molar-refractivity contribution in [3.05, 3.63) is 64.5 Å². The normalized spacial score (nSPS) is 17.6. The maximum absolute atomic E-state index is 15.2. The molecule has 1 N–H and O–H groups in total. The lowest BCUT2D eigenvalue weighted by Crippen LogP contribution is -2.41. The van der Waals surface area contributed by atoms with Crippen molar-refractivity contribution < 1.29 is 19.0 Å².